The fourth-order valence-corrected chi connectivity index (χ4v) is 7.00. The molecule has 0 aliphatic carbocycles. The second-order valence-electron chi connectivity index (χ2n) is 12.0. The highest BCUT2D eigenvalue weighted by molar-refractivity contribution is 6.10. The Morgan fingerprint density at radius 2 is 1.12 bits per heavy atom. The van der Waals surface area contributed by atoms with E-state index in [-0.39, 0.29) is 0 Å². The number of furan rings is 1. The minimum Gasteiger partial charge on any atom is -0.456 e. The average molecular weight is 612 g/mol. The molecule has 9 aromatic rings. The number of hydrogen-bond donors (Lipinski definition) is 0. The van der Waals surface area contributed by atoms with Crippen molar-refractivity contribution < 1.29 is 4.42 Å². The Balaban J connectivity index is 1.31. The predicted octanol–water partition coefficient (Wildman–Crippen LogP) is 11.4. The summed E-state index contributed by atoms with van der Waals surface area (Å²) in [6.45, 7) is 0. The van der Waals surface area contributed by atoms with Gasteiger partial charge in [-0.3, -0.25) is 0 Å². The number of hydrogen-bond acceptors (Lipinski definition) is 3. The third-order valence-corrected chi connectivity index (χ3v) is 9.24. The molecule has 0 spiro atoms. The van der Waals surface area contributed by atoms with E-state index in [1.807, 2.05) is 66.7 Å². The van der Waals surface area contributed by atoms with Gasteiger partial charge in [0.15, 0.2) is 0 Å². The van der Waals surface area contributed by atoms with Crippen LogP contribution in [0.1, 0.15) is 11.1 Å². The lowest BCUT2D eigenvalue weighted by Gasteiger charge is -2.15. The molecular weight excluding hydrogens is 587 g/mol. The molecule has 222 valence electrons. The van der Waals surface area contributed by atoms with Crippen LogP contribution in [0, 0.1) is 22.7 Å². The van der Waals surface area contributed by atoms with Crippen molar-refractivity contribution in [3.8, 4) is 51.2 Å². The lowest BCUT2D eigenvalue weighted by Crippen LogP contribution is -1.96. The first kappa shape index (κ1) is 27.4. The SMILES string of the molecule is N#Cc1ccc2c(c1)c1ccccc1n2-c1cc(-c2cccc(-c3ccccc3C#N)c2)cc(-c2ccc3oc4ccccc4c3c2)c1. The van der Waals surface area contributed by atoms with Crippen LogP contribution in [-0.2, 0) is 0 Å². The average Bonchev–Trinajstić information content (AvgIpc) is 3.69. The number of benzene rings is 7. The van der Waals surface area contributed by atoms with E-state index in [0.29, 0.717) is 11.1 Å². The zero-order chi connectivity index (χ0) is 32.2. The van der Waals surface area contributed by atoms with Gasteiger partial charge in [0.2, 0.25) is 0 Å². The fraction of sp³-hybridized carbons (Fsp3) is 0. The maximum absolute atomic E-state index is 9.83. The Morgan fingerprint density at radius 1 is 0.438 bits per heavy atom. The van der Waals surface area contributed by atoms with Gasteiger partial charge in [-0.1, -0.05) is 78.9 Å². The van der Waals surface area contributed by atoms with Crippen molar-refractivity contribution in [2.45, 2.75) is 0 Å². The molecule has 0 aliphatic heterocycles. The minimum absolute atomic E-state index is 0.634. The van der Waals surface area contributed by atoms with Crippen LogP contribution in [0.4, 0.5) is 0 Å². The molecule has 48 heavy (non-hydrogen) atoms. The van der Waals surface area contributed by atoms with Crippen LogP contribution in [0.2, 0.25) is 0 Å². The molecule has 7 aromatic carbocycles. The van der Waals surface area contributed by atoms with Gasteiger partial charge in [0.1, 0.15) is 11.2 Å². The largest absolute Gasteiger partial charge is 0.456 e. The molecule has 4 nitrogen and oxygen atoms in total. The van der Waals surface area contributed by atoms with E-state index in [0.717, 1.165) is 82.8 Å². The Labute approximate surface area is 276 Å². The molecule has 0 fully saturated rings. The highest BCUT2D eigenvalue weighted by Gasteiger charge is 2.16. The molecule has 0 bridgehead atoms. The van der Waals surface area contributed by atoms with E-state index >= 15 is 0 Å². The molecule has 0 amide bonds. The summed E-state index contributed by atoms with van der Waals surface area (Å²) in [5.74, 6) is 0. The van der Waals surface area contributed by atoms with Gasteiger partial charge in [-0.2, -0.15) is 10.5 Å². The molecule has 0 N–H and O–H groups in total. The molecule has 0 saturated heterocycles. The van der Waals surface area contributed by atoms with Crippen molar-refractivity contribution in [1.82, 2.24) is 4.57 Å². The quantitative estimate of drug-likeness (QED) is 0.199. The maximum Gasteiger partial charge on any atom is 0.135 e. The van der Waals surface area contributed by atoms with Crippen LogP contribution in [-0.4, -0.2) is 4.57 Å². The molecule has 2 heterocycles. The summed E-state index contributed by atoms with van der Waals surface area (Å²) >= 11 is 0. The van der Waals surface area contributed by atoms with E-state index in [1.54, 1.807) is 0 Å². The van der Waals surface area contributed by atoms with Crippen LogP contribution in [0.25, 0.3) is 82.8 Å². The number of aromatic nitrogens is 1. The van der Waals surface area contributed by atoms with E-state index in [9.17, 15) is 10.5 Å². The van der Waals surface area contributed by atoms with E-state index < -0.39 is 0 Å². The van der Waals surface area contributed by atoms with Gasteiger partial charge in [0, 0.05) is 27.2 Å². The zero-order valence-electron chi connectivity index (χ0n) is 25.7. The number of nitrogens with zero attached hydrogens (tertiary/aromatic N) is 3. The Bertz CT molecular complexity index is 2820. The third-order valence-electron chi connectivity index (χ3n) is 9.24. The highest BCUT2D eigenvalue weighted by atomic mass is 16.3. The zero-order valence-corrected chi connectivity index (χ0v) is 25.7. The van der Waals surface area contributed by atoms with Gasteiger partial charge in [-0.15, -0.1) is 0 Å². The summed E-state index contributed by atoms with van der Waals surface area (Å²) in [5.41, 5.74) is 12.3. The maximum atomic E-state index is 9.83. The van der Waals surface area contributed by atoms with E-state index in [4.69, 9.17) is 4.42 Å². The monoisotopic (exact) mass is 611 g/mol. The first-order valence-corrected chi connectivity index (χ1v) is 15.8. The Kier molecular flexibility index (Phi) is 6.22. The Hall–Kier alpha value is -6.88. The topological polar surface area (TPSA) is 65.7 Å². The van der Waals surface area contributed by atoms with Gasteiger partial charge in [-0.05, 0) is 106 Å². The molecule has 0 radical (unpaired) electrons. The van der Waals surface area contributed by atoms with Crippen LogP contribution in [0.3, 0.4) is 0 Å². The lowest BCUT2D eigenvalue weighted by atomic mass is 9.93. The van der Waals surface area contributed by atoms with Crippen LogP contribution in [0.5, 0.6) is 0 Å². The Morgan fingerprint density at radius 3 is 1.98 bits per heavy atom. The van der Waals surface area contributed by atoms with Crippen molar-refractivity contribution in [3.05, 3.63) is 163 Å². The fourth-order valence-electron chi connectivity index (χ4n) is 7.00. The standard InChI is InChI=1S/C44H25N3O/c45-26-28-16-18-42-39(20-28)37-12-3-5-14-41(37)47(42)35-23-33(29-9-7-10-31(21-29)36-11-2-1-8-32(36)27-46)22-34(24-35)30-17-19-44-40(25-30)38-13-4-6-15-43(38)48-44/h1-25H. The van der Waals surface area contributed by atoms with E-state index in [2.05, 4.69) is 102 Å². The van der Waals surface area contributed by atoms with Crippen molar-refractivity contribution in [1.29, 1.82) is 10.5 Å². The number of nitriles is 2. The minimum atomic E-state index is 0.634. The van der Waals surface area contributed by atoms with Crippen LogP contribution < -0.4 is 0 Å². The van der Waals surface area contributed by atoms with Gasteiger partial charge >= 0.3 is 0 Å². The van der Waals surface area contributed by atoms with E-state index in [1.165, 1.54) is 0 Å². The highest BCUT2D eigenvalue weighted by Crippen LogP contribution is 2.39. The normalized spacial score (nSPS) is 11.3. The van der Waals surface area contributed by atoms with Gasteiger partial charge in [0.05, 0.1) is 34.3 Å². The van der Waals surface area contributed by atoms with Gasteiger partial charge in [0.25, 0.3) is 0 Å². The summed E-state index contributed by atoms with van der Waals surface area (Å²) in [5, 5.41) is 23.8. The smallest absolute Gasteiger partial charge is 0.135 e. The molecule has 4 heteroatoms. The molecular formula is C44H25N3O. The molecule has 0 saturated carbocycles. The van der Waals surface area contributed by atoms with Crippen molar-refractivity contribution >= 4 is 43.7 Å². The molecule has 0 unspecified atom stereocenters. The van der Waals surface area contributed by atoms with Crippen molar-refractivity contribution in [2.75, 3.05) is 0 Å². The first-order chi connectivity index (χ1) is 23.7. The summed E-state index contributed by atoms with van der Waals surface area (Å²) < 4.78 is 8.45. The van der Waals surface area contributed by atoms with Crippen molar-refractivity contribution in [3.63, 3.8) is 0 Å². The lowest BCUT2D eigenvalue weighted by molar-refractivity contribution is 0.669. The van der Waals surface area contributed by atoms with Crippen molar-refractivity contribution in [2.24, 2.45) is 0 Å². The molecule has 2 aromatic heterocycles. The van der Waals surface area contributed by atoms with Crippen LogP contribution >= 0.6 is 0 Å². The number of para-hydroxylation sites is 2. The summed E-state index contributed by atoms with van der Waals surface area (Å²) in [4.78, 5) is 0. The van der Waals surface area contributed by atoms with Gasteiger partial charge in [-0.25, -0.2) is 0 Å². The van der Waals surface area contributed by atoms with Crippen LogP contribution in [0.15, 0.2) is 156 Å². The second-order valence-corrected chi connectivity index (χ2v) is 12.0. The number of rotatable bonds is 4. The molecule has 0 aliphatic rings. The summed E-state index contributed by atoms with van der Waals surface area (Å²) in [7, 11) is 0. The second kappa shape index (κ2) is 10.9. The third kappa shape index (κ3) is 4.36. The first-order valence-electron chi connectivity index (χ1n) is 15.8. The summed E-state index contributed by atoms with van der Waals surface area (Å²) in [6.07, 6.45) is 0. The predicted molar refractivity (Wildman–Crippen MR) is 194 cm³/mol. The molecule has 0 atom stereocenters. The number of fused-ring (bicyclic) bond motifs is 6. The molecule has 9 rings (SSSR count). The van der Waals surface area contributed by atoms with Gasteiger partial charge < -0.3 is 8.98 Å². The summed E-state index contributed by atoms with van der Waals surface area (Å²) in [6, 6.07) is 56.3.